The Morgan fingerprint density at radius 2 is 1.80 bits per heavy atom. The molecule has 0 spiro atoms. The maximum Gasteiger partial charge on any atom is 0.261 e. The van der Waals surface area contributed by atoms with Crippen LogP contribution in [0.25, 0.3) is 0 Å². The van der Waals surface area contributed by atoms with Crippen LogP contribution < -0.4 is 4.72 Å². The van der Waals surface area contributed by atoms with Crippen molar-refractivity contribution in [2.45, 2.75) is 18.7 Å². The Bertz CT molecular complexity index is 760. The minimum absolute atomic E-state index is 0.187. The molecule has 0 heterocycles. The number of benzene rings is 2. The standard InChI is InChI=1S/C14H13BrClNO2S/c1-9-3-6-14(12(15)7-9)17-20(18,19)11-4-5-13(16)10(2)8-11/h3-8,17H,1-2H3. The maximum atomic E-state index is 12.3. The normalized spacial score (nSPS) is 11.4. The van der Waals surface area contributed by atoms with E-state index in [0.29, 0.717) is 15.2 Å². The van der Waals surface area contributed by atoms with Crippen molar-refractivity contribution in [1.82, 2.24) is 0 Å². The van der Waals surface area contributed by atoms with Crippen LogP contribution in [0.15, 0.2) is 45.8 Å². The zero-order chi connectivity index (χ0) is 14.9. The molecule has 0 aliphatic rings. The second kappa shape index (κ2) is 5.76. The summed E-state index contributed by atoms with van der Waals surface area (Å²) in [5.74, 6) is 0. The molecule has 6 heteroatoms. The summed E-state index contributed by atoms with van der Waals surface area (Å²) >= 11 is 9.26. The molecule has 2 aromatic carbocycles. The maximum absolute atomic E-state index is 12.3. The molecule has 0 aliphatic carbocycles. The molecular formula is C14H13BrClNO2S. The highest BCUT2D eigenvalue weighted by Gasteiger charge is 2.16. The number of hydrogen-bond donors (Lipinski definition) is 1. The highest BCUT2D eigenvalue weighted by Crippen LogP contribution is 2.27. The first kappa shape index (κ1) is 15.4. The van der Waals surface area contributed by atoms with Crippen LogP contribution in [0.1, 0.15) is 11.1 Å². The van der Waals surface area contributed by atoms with Gasteiger partial charge in [0.1, 0.15) is 0 Å². The average molecular weight is 375 g/mol. The van der Waals surface area contributed by atoms with Crippen molar-refractivity contribution in [3.63, 3.8) is 0 Å². The van der Waals surface area contributed by atoms with Gasteiger partial charge in [-0.15, -0.1) is 0 Å². The summed E-state index contributed by atoms with van der Waals surface area (Å²) < 4.78 is 27.9. The average Bonchev–Trinajstić information content (AvgIpc) is 2.36. The molecule has 0 saturated carbocycles. The van der Waals surface area contributed by atoms with E-state index in [0.717, 1.165) is 11.1 Å². The first-order valence-corrected chi connectivity index (χ1v) is 8.50. The Kier molecular flexibility index (Phi) is 4.42. The van der Waals surface area contributed by atoms with E-state index in [4.69, 9.17) is 11.6 Å². The Labute approximate surface area is 132 Å². The predicted molar refractivity (Wildman–Crippen MR) is 85.9 cm³/mol. The van der Waals surface area contributed by atoms with Gasteiger partial charge in [0.25, 0.3) is 10.0 Å². The number of halogens is 2. The fraction of sp³-hybridized carbons (Fsp3) is 0.143. The smallest absolute Gasteiger partial charge is 0.261 e. The number of aryl methyl sites for hydroxylation is 2. The second-order valence-electron chi connectivity index (χ2n) is 4.50. The lowest BCUT2D eigenvalue weighted by atomic mass is 10.2. The van der Waals surface area contributed by atoms with Gasteiger partial charge in [0, 0.05) is 9.50 Å². The van der Waals surface area contributed by atoms with Gasteiger partial charge in [0.05, 0.1) is 10.6 Å². The highest BCUT2D eigenvalue weighted by molar-refractivity contribution is 9.10. The van der Waals surface area contributed by atoms with E-state index in [9.17, 15) is 8.42 Å². The van der Waals surface area contributed by atoms with Crippen molar-refractivity contribution in [3.05, 3.63) is 57.0 Å². The van der Waals surface area contributed by atoms with E-state index in [2.05, 4.69) is 20.7 Å². The molecule has 20 heavy (non-hydrogen) atoms. The Balaban J connectivity index is 2.38. The van der Waals surface area contributed by atoms with E-state index in [1.54, 1.807) is 25.1 Å². The Morgan fingerprint density at radius 1 is 1.10 bits per heavy atom. The highest BCUT2D eigenvalue weighted by atomic mass is 79.9. The number of anilines is 1. The summed E-state index contributed by atoms with van der Waals surface area (Å²) in [6.07, 6.45) is 0. The fourth-order valence-corrected chi connectivity index (χ4v) is 3.70. The van der Waals surface area contributed by atoms with Gasteiger partial charge < -0.3 is 0 Å². The molecule has 0 aliphatic heterocycles. The van der Waals surface area contributed by atoms with Crippen LogP contribution in [0.2, 0.25) is 5.02 Å². The topological polar surface area (TPSA) is 46.2 Å². The van der Waals surface area contributed by atoms with Gasteiger partial charge in [0.15, 0.2) is 0 Å². The number of nitrogens with one attached hydrogen (secondary N) is 1. The summed E-state index contributed by atoms with van der Waals surface area (Å²) in [7, 11) is -3.63. The molecule has 0 aromatic heterocycles. The molecule has 2 rings (SSSR count). The molecule has 0 bridgehead atoms. The molecule has 1 N–H and O–H groups in total. The van der Waals surface area contributed by atoms with E-state index in [-0.39, 0.29) is 4.90 Å². The summed E-state index contributed by atoms with van der Waals surface area (Å²) in [6.45, 7) is 3.70. The number of hydrogen-bond acceptors (Lipinski definition) is 2. The number of rotatable bonds is 3. The third-order valence-corrected chi connectivity index (χ3v) is 5.25. The van der Waals surface area contributed by atoms with Gasteiger partial charge in [-0.3, -0.25) is 4.72 Å². The van der Waals surface area contributed by atoms with Crippen molar-refractivity contribution in [3.8, 4) is 0 Å². The van der Waals surface area contributed by atoms with Crippen LogP contribution >= 0.6 is 27.5 Å². The monoisotopic (exact) mass is 373 g/mol. The molecule has 0 fully saturated rings. The number of sulfonamides is 1. The van der Waals surface area contributed by atoms with E-state index in [1.807, 2.05) is 19.1 Å². The zero-order valence-electron chi connectivity index (χ0n) is 10.9. The van der Waals surface area contributed by atoms with Crippen LogP contribution in [-0.2, 0) is 10.0 Å². The quantitative estimate of drug-likeness (QED) is 0.858. The van der Waals surface area contributed by atoms with Gasteiger partial charge in [-0.25, -0.2) is 8.42 Å². The van der Waals surface area contributed by atoms with Crippen LogP contribution in [0.3, 0.4) is 0 Å². The van der Waals surface area contributed by atoms with Gasteiger partial charge in [-0.2, -0.15) is 0 Å². The van der Waals surface area contributed by atoms with Crippen molar-refractivity contribution in [2.24, 2.45) is 0 Å². The third-order valence-electron chi connectivity index (χ3n) is 2.81. The minimum Gasteiger partial charge on any atom is -0.278 e. The first-order valence-electron chi connectivity index (χ1n) is 5.85. The van der Waals surface area contributed by atoms with Crippen molar-refractivity contribution >= 4 is 43.2 Å². The molecule has 0 amide bonds. The van der Waals surface area contributed by atoms with E-state index in [1.165, 1.54) is 6.07 Å². The van der Waals surface area contributed by atoms with Gasteiger partial charge >= 0.3 is 0 Å². The van der Waals surface area contributed by atoms with Crippen LogP contribution in [0.4, 0.5) is 5.69 Å². The molecule has 0 saturated heterocycles. The Hall–Kier alpha value is -1.04. The molecule has 3 nitrogen and oxygen atoms in total. The third kappa shape index (κ3) is 3.34. The molecule has 106 valence electrons. The van der Waals surface area contributed by atoms with Crippen LogP contribution in [0, 0.1) is 13.8 Å². The molecule has 0 unspecified atom stereocenters. The second-order valence-corrected chi connectivity index (χ2v) is 7.44. The van der Waals surface area contributed by atoms with Gasteiger partial charge in [-0.05, 0) is 71.2 Å². The van der Waals surface area contributed by atoms with Crippen molar-refractivity contribution < 1.29 is 8.42 Å². The van der Waals surface area contributed by atoms with Crippen molar-refractivity contribution in [2.75, 3.05) is 4.72 Å². The Morgan fingerprint density at radius 3 is 2.40 bits per heavy atom. The molecule has 0 radical (unpaired) electrons. The summed E-state index contributed by atoms with van der Waals surface area (Å²) in [5.41, 5.74) is 2.27. The summed E-state index contributed by atoms with van der Waals surface area (Å²) in [6, 6.07) is 10.0. The first-order chi connectivity index (χ1) is 9.29. The minimum atomic E-state index is -3.63. The van der Waals surface area contributed by atoms with Crippen LogP contribution in [0.5, 0.6) is 0 Å². The molecule has 2 aromatic rings. The SMILES string of the molecule is Cc1ccc(NS(=O)(=O)c2ccc(Cl)c(C)c2)c(Br)c1. The lowest BCUT2D eigenvalue weighted by Gasteiger charge is -2.11. The zero-order valence-corrected chi connectivity index (χ0v) is 14.1. The van der Waals surface area contributed by atoms with Crippen LogP contribution in [-0.4, -0.2) is 8.42 Å². The van der Waals surface area contributed by atoms with E-state index < -0.39 is 10.0 Å². The lowest BCUT2D eigenvalue weighted by Crippen LogP contribution is -2.13. The molecular weight excluding hydrogens is 362 g/mol. The lowest BCUT2D eigenvalue weighted by molar-refractivity contribution is 0.601. The van der Waals surface area contributed by atoms with Gasteiger partial charge in [0.2, 0.25) is 0 Å². The van der Waals surface area contributed by atoms with Crippen molar-refractivity contribution in [1.29, 1.82) is 0 Å². The summed E-state index contributed by atoms with van der Waals surface area (Å²) in [5, 5.41) is 0.542. The summed E-state index contributed by atoms with van der Waals surface area (Å²) in [4.78, 5) is 0.187. The van der Waals surface area contributed by atoms with E-state index >= 15 is 0 Å². The fourth-order valence-electron chi connectivity index (χ4n) is 1.69. The largest absolute Gasteiger partial charge is 0.278 e. The van der Waals surface area contributed by atoms with Gasteiger partial charge in [-0.1, -0.05) is 17.7 Å². The predicted octanol–water partition coefficient (Wildman–Crippen LogP) is 4.52. The molecule has 0 atom stereocenters.